The van der Waals surface area contributed by atoms with Gasteiger partial charge in [0.2, 0.25) is 5.91 Å². The largest absolute Gasteiger partial charge is 0.342 e. The van der Waals surface area contributed by atoms with Crippen molar-refractivity contribution in [1.29, 1.82) is 0 Å². The second-order valence-electron chi connectivity index (χ2n) is 6.83. The maximum Gasteiger partial charge on any atom is 0.227 e. The van der Waals surface area contributed by atoms with Gasteiger partial charge in [0.15, 0.2) is 5.65 Å². The lowest BCUT2D eigenvalue weighted by atomic mass is 9.96. The van der Waals surface area contributed by atoms with E-state index in [0.29, 0.717) is 6.42 Å². The Hall–Kier alpha value is -2.69. The number of likely N-dealkylation sites (tertiary alicyclic amines) is 1. The number of amides is 1. The average molecular weight is 334 g/mol. The van der Waals surface area contributed by atoms with Crippen LogP contribution in [0.15, 0.2) is 48.7 Å². The fourth-order valence-corrected chi connectivity index (χ4v) is 3.55. The molecule has 0 radical (unpaired) electrons. The molecule has 1 aliphatic rings. The number of carbonyl (C=O) groups excluding carboxylic acids is 1. The van der Waals surface area contributed by atoms with Crippen molar-refractivity contribution < 1.29 is 4.79 Å². The van der Waals surface area contributed by atoms with Crippen molar-refractivity contribution in [2.24, 2.45) is 0 Å². The number of nitrogens with zero attached hydrogens (tertiary/aromatic N) is 4. The van der Waals surface area contributed by atoms with Crippen LogP contribution in [0.1, 0.15) is 35.7 Å². The molecule has 1 atom stereocenters. The fraction of sp³-hybridized carbons (Fsp3) is 0.350. The molecule has 2 aromatic heterocycles. The summed E-state index contributed by atoms with van der Waals surface area (Å²) in [6.07, 6.45) is 4.52. The molecular weight excluding hydrogens is 312 g/mol. The van der Waals surface area contributed by atoms with Crippen molar-refractivity contribution in [2.45, 2.75) is 32.1 Å². The van der Waals surface area contributed by atoms with Crippen molar-refractivity contribution in [3.63, 3.8) is 0 Å². The van der Waals surface area contributed by atoms with Crippen LogP contribution in [0.25, 0.3) is 5.65 Å². The third-order valence-corrected chi connectivity index (χ3v) is 4.96. The molecule has 3 heterocycles. The fourth-order valence-electron chi connectivity index (χ4n) is 3.55. The van der Waals surface area contributed by atoms with Gasteiger partial charge in [0, 0.05) is 25.2 Å². The Morgan fingerprint density at radius 3 is 2.84 bits per heavy atom. The summed E-state index contributed by atoms with van der Waals surface area (Å²) >= 11 is 0. The zero-order valence-corrected chi connectivity index (χ0v) is 14.4. The second-order valence-corrected chi connectivity index (χ2v) is 6.83. The molecule has 0 saturated carbocycles. The van der Waals surface area contributed by atoms with Crippen LogP contribution in [-0.2, 0) is 11.2 Å². The van der Waals surface area contributed by atoms with Crippen molar-refractivity contribution in [3.8, 4) is 0 Å². The first-order chi connectivity index (χ1) is 12.2. The molecule has 0 bridgehead atoms. The maximum atomic E-state index is 12.7. The van der Waals surface area contributed by atoms with Gasteiger partial charge < -0.3 is 4.90 Å². The van der Waals surface area contributed by atoms with Gasteiger partial charge in [0.05, 0.1) is 6.42 Å². The monoisotopic (exact) mass is 334 g/mol. The van der Waals surface area contributed by atoms with E-state index in [2.05, 4.69) is 29.3 Å². The smallest absolute Gasteiger partial charge is 0.227 e. The molecule has 0 N–H and O–H groups in total. The number of pyridine rings is 1. The van der Waals surface area contributed by atoms with Gasteiger partial charge in [-0.3, -0.25) is 9.20 Å². The second kappa shape index (κ2) is 6.67. The highest BCUT2D eigenvalue weighted by Crippen LogP contribution is 2.26. The van der Waals surface area contributed by atoms with Crippen molar-refractivity contribution in [3.05, 3.63) is 65.6 Å². The lowest BCUT2D eigenvalue weighted by molar-refractivity contribution is -0.131. The van der Waals surface area contributed by atoms with Crippen molar-refractivity contribution >= 4 is 11.6 Å². The summed E-state index contributed by atoms with van der Waals surface area (Å²) < 4.78 is 2.04. The Balaban J connectivity index is 1.49. The number of piperidine rings is 1. The number of rotatable bonds is 3. The first-order valence-electron chi connectivity index (χ1n) is 8.84. The molecule has 1 fully saturated rings. The van der Waals surface area contributed by atoms with E-state index in [1.165, 1.54) is 5.56 Å². The SMILES string of the molecule is Cc1ccc(CC(=O)N2CCCC(c3nnc4ccccn34)C2)cc1. The molecule has 4 rings (SSSR count). The minimum Gasteiger partial charge on any atom is -0.342 e. The highest BCUT2D eigenvalue weighted by Gasteiger charge is 2.27. The molecule has 128 valence electrons. The van der Waals surface area contributed by atoms with Gasteiger partial charge >= 0.3 is 0 Å². The van der Waals surface area contributed by atoms with E-state index in [4.69, 9.17) is 0 Å². The zero-order chi connectivity index (χ0) is 17.2. The van der Waals surface area contributed by atoms with Crippen LogP contribution in [0.2, 0.25) is 0 Å². The predicted molar refractivity (Wildman–Crippen MR) is 96.4 cm³/mol. The summed E-state index contributed by atoms with van der Waals surface area (Å²) in [4.78, 5) is 14.7. The lowest BCUT2D eigenvalue weighted by Gasteiger charge is -2.32. The van der Waals surface area contributed by atoms with Gasteiger partial charge in [-0.05, 0) is 37.5 Å². The van der Waals surface area contributed by atoms with E-state index in [9.17, 15) is 4.79 Å². The molecule has 25 heavy (non-hydrogen) atoms. The Morgan fingerprint density at radius 2 is 2.00 bits per heavy atom. The highest BCUT2D eigenvalue weighted by molar-refractivity contribution is 5.79. The average Bonchev–Trinajstić information content (AvgIpc) is 3.08. The van der Waals surface area contributed by atoms with E-state index in [-0.39, 0.29) is 11.8 Å². The standard InChI is InChI=1S/C20H22N4O/c1-15-7-9-16(10-8-15)13-19(25)23-11-4-5-17(14-23)20-22-21-18-6-2-3-12-24(18)20/h2-3,6-10,12,17H,4-5,11,13-14H2,1H3. The van der Waals surface area contributed by atoms with Gasteiger partial charge in [-0.2, -0.15) is 0 Å². The van der Waals surface area contributed by atoms with Gasteiger partial charge in [-0.25, -0.2) is 0 Å². The molecule has 1 aliphatic heterocycles. The number of carbonyl (C=O) groups is 1. The molecule has 1 saturated heterocycles. The molecule has 1 amide bonds. The number of hydrogen-bond donors (Lipinski definition) is 0. The Morgan fingerprint density at radius 1 is 1.16 bits per heavy atom. The van der Waals surface area contributed by atoms with Crippen LogP contribution in [0.4, 0.5) is 0 Å². The molecule has 1 aromatic carbocycles. The Kier molecular flexibility index (Phi) is 4.22. The summed E-state index contributed by atoms with van der Waals surface area (Å²) in [5.41, 5.74) is 3.15. The van der Waals surface area contributed by atoms with Crippen LogP contribution in [0, 0.1) is 6.92 Å². The molecule has 3 aromatic rings. The van der Waals surface area contributed by atoms with Crippen molar-refractivity contribution in [1.82, 2.24) is 19.5 Å². The lowest BCUT2D eigenvalue weighted by Crippen LogP contribution is -2.40. The number of benzene rings is 1. The van der Waals surface area contributed by atoms with Crippen LogP contribution in [-0.4, -0.2) is 38.5 Å². The van der Waals surface area contributed by atoms with E-state index < -0.39 is 0 Å². The first-order valence-corrected chi connectivity index (χ1v) is 8.84. The maximum absolute atomic E-state index is 12.7. The molecule has 5 nitrogen and oxygen atoms in total. The normalized spacial score (nSPS) is 17.8. The van der Waals surface area contributed by atoms with Gasteiger partial charge in [-0.15, -0.1) is 10.2 Å². The summed E-state index contributed by atoms with van der Waals surface area (Å²) in [7, 11) is 0. The first kappa shape index (κ1) is 15.8. The minimum atomic E-state index is 0.197. The van der Waals surface area contributed by atoms with Crippen LogP contribution < -0.4 is 0 Å². The number of aromatic nitrogens is 3. The third kappa shape index (κ3) is 3.27. The van der Waals surface area contributed by atoms with Crippen molar-refractivity contribution in [2.75, 3.05) is 13.1 Å². The van der Waals surface area contributed by atoms with E-state index in [0.717, 1.165) is 43.0 Å². The van der Waals surface area contributed by atoms with Gasteiger partial charge in [0.1, 0.15) is 5.82 Å². The Bertz CT molecular complexity index is 884. The van der Waals surface area contributed by atoms with E-state index in [1.807, 2.05) is 45.8 Å². The van der Waals surface area contributed by atoms with Crippen LogP contribution >= 0.6 is 0 Å². The molecule has 0 spiro atoms. The third-order valence-electron chi connectivity index (χ3n) is 4.96. The molecule has 5 heteroatoms. The summed E-state index contributed by atoms with van der Waals surface area (Å²) in [5.74, 6) is 1.40. The molecule has 0 aliphatic carbocycles. The quantitative estimate of drug-likeness (QED) is 0.740. The predicted octanol–water partition coefficient (Wildman–Crippen LogP) is 2.99. The van der Waals surface area contributed by atoms with Crippen LogP contribution in [0.3, 0.4) is 0 Å². The van der Waals surface area contributed by atoms with Gasteiger partial charge in [-0.1, -0.05) is 35.9 Å². The zero-order valence-electron chi connectivity index (χ0n) is 14.4. The van der Waals surface area contributed by atoms with E-state index >= 15 is 0 Å². The number of fused-ring (bicyclic) bond motifs is 1. The number of hydrogen-bond acceptors (Lipinski definition) is 3. The summed E-state index contributed by atoms with van der Waals surface area (Å²) in [5, 5.41) is 8.63. The van der Waals surface area contributed by atoms with Gasteiger partial charge in [0.25, 0.3) is 0 Å². The summed E-state index contributed by atoms with van der Waals surface area (Å²) in [6.45, 7) is 3.61. The highest BCUT2D eigenvalue weighted by atomic mass is 16.2. The topological polar surface area (TPSA) is 50.5 Å². The van der Waals surface area contributed by atoms with Crippen LogP contribution in [0.5, 0.6) is 0 Å². The minimum absolute atomic E-state index is 0.197. The Labute approximate surface area is 147 Å². The molecule has 1 unspecified atom stereocenters. The summed E-state index contributed by atoms with van der Waals surface area (Å²) in [6, 6.07) is 14.1. The number of aryl methyl sites for hydroxylation is 1. The molecular formula is C20H22N4O. The van der Waals surface area contributed by atoms with E-state index in [1.54, 1.807) is 0 Å².